The Balaban J connectivity index is 1.41. The van der Waals surface area contributed by atoms with E-state index in [0.717, 1.165) is 18.1 Å². The van der Waals surface area contributed by atoms with Crippen molar-refractivity contribution in [3.8, 4) is 0 Å². The Morgan fingerprint density at radius 1 is 0.765 bits per heavy atom. The Labute approximate surface area is 201 Å². The smallest absolute Gasteiger partial charge is 0.157 e. The molecule has 0 radical (unpaired) electrons. The third-order valence-electron chi connectivity index (χ3n) is 8.84. The number of hydrazone groups is 2. The summed E-state index contributed by atoms with van der Waals surface area (Å²) in [5.74, 6) is 2.17. The number of para-hydroxylation sites is 2. The molecule has 5 atom stereocenters. The summed E-state index contributed by atoms with van der Waals surface area (Å²) in [6, 6.07) is 19.1. The number of rotatable bonds is 1. The molecule has 2 aromatic carbocycles. The maximum absolute atomic E-state index is 4.70. The average molecular weight is 456 g/mol. The lowest BCUT2D eigenvalue weighted by Crippen LogP contribution is -2.76. The van der Waals surface area contributed by atoms with Crippen LogP contribution in [0.3, 0.4) is 0 Å². The highest BCUT2D eigenvalue weighted by Crippen LogP contribution is 2.52. The predicted octanol–water partition coefficient (Wildman–Crippen LogP) is 3.90. The summed E-state index contributed by atoms with van der Waals surface area (Å²) in [6.07, 6.45) is 3.72. The van der Waals surface area contributed by atoms with Gasteiger partial charge < -0.3 is 14.7 Å². The van der Waals surface area contributed by atoms with Crippen LogP contribution in [-0.2, 0) is 5.41 Å². The maximum atomic E-state index is 4.70. The van der Waals surface area contributed by atoms with E-state index < -0.39 is 0 Å². The van der Waals surface area contributed by atoms with Crippen molar-refractivity contribution in [3.63, 3.8) is 0 Å². The Kier molecular flexibility index (Phi) is 4.10. The van der Waals surface area contributed by atoms with Crippen molar-refractivity contribution in [1.82, 2.24) is 20.7 Å². The molecular formula is C27H33N7. The van der Waals surface area contributed by atoms with Crippen LogP contribution in [-0.4, -0.2) is 51.9 Å². The van der Waals surface area contributed by atoms with Crippen molar-refractivity contribution >= 4 is 23.0 Å². The quantitative estimate of drug-likeness (QED) is 0.683. The molecule has 2 aromatic rings. The molecule has 0 aromatic heterocycles. The number of hydrogen-bond donors (Lipinski definition) is 2. The summed E-state index contributed by atoms with van der Waals surface area (Å²) in [7, 11) is 0. The standard InChI is InChI=1S/C27H33N7/c1-16-28-30-25-26-31-29-17(2)33(26)24-22(32(16)25)14-9-15-23(24)34-20-12-7-5-10-18(20)27(3,4)19-11-6-8-13-21(19)34/h5-8,10-13,22-26,30-31H,9,14-15H2,1-4H3. The number of anilines is 2. The molecule has 1 saturated heterocycles. The largest absolute Gasteiger partial charge is 0.336 e. The number of fused-ring (bicyclic) bond motifs is 8. The van der Waals surface area contributed by atoms with Crippen LogP contribution < -0.4 is 15.8 Å². The second-order valence-electron chi connectivity index (χ2n) is 10.9. The van der Waals surface area contributed by atoms with Crippen LogP contribution in [0.1, 0.15) is 58.1 Å². The Morgan fingerprint density at radius 3 is 1.94 bits per heavy atom. The molecule has 176 valence electrons. The van der Waals surface area contributed by atoms with Gasteiger partial charge in [0.05, 0.1) is 18.1 Å². The van der Waals surface area contributed by atoms with Gasteiger partial charge in [0.25, 0.3) is 0 Å². The van der Waals surface area contributed by atoms with Crippen molar-refractivity contribution in [2.45, 2.75) is 82.8 Å². The van der Waals surface area contributed by atoms with Gasteiger partial charge in [0.15, 0.2) is 12.3 Å². The van der Waals surface area contributed by atoms with Gasteiger partial charge in [-0.1, -0.05) is 50.2 Å². The van der Waals surface area contributed by atoms with Crippen molar-refractivity contribution in [2.75, 3.05) is 4.90 Å². The van der Waals surface area contributed by atoms with E-state index in [-0.39, 0.29) is 17.7 Å². The predicted molar refractivity (Wildman–Crippen MR) is 136 cm³/mol. The van der Waals surface area contributed by atoms with Crippen molar-refractivity contribution in [2.24, 2.45) is 10.2 Å². The van der Waals surface area contributed by atoms with E-state index in [1.54, 1.807) is 0 Å². The SMILES string of the molecule is CC1=NNC2C3NN=C(C)N3C3C(N4c5ccccc5C(C)(C)c5ccccc54)CCCC3N12. The van der Waals surface area contributed by atoms with Crippen LogP contribution in [0.2, 0.25) is 0 Å². The number of hydrogen-bond acceptors (Lipinski definition) is 7. The first kappa shape index (κ1) is 20.2. The number of piperazine rings is 1. The summed E-state index contributed by atoms with van der Waals surface area (Å²) in [6.45, 7) is 9.02. The molecule has 4 aliphatic heterocycles. The first-order chi connectivity index (χ1) is 16.5. The molecule has 2 fully saturated rings. The fourth-order valence-electron chi connectivity index (χ4n) is 7.40. The Bertz CT molecular complexity index is 1170. The van der Waals surface area contributed by atoms with Gasteiger partial charge in [0.1, 0.15) is 11.7 Å². The molecule has 34 heavy (non-hydrogen) atoms. The summed E-state index contributed by atoms with van der Waals surface area (Å²) in [4.78, 5) is 7.76. The van der Waals surface area contributed by atoms with Gasteiger partial charge in [-0.15, -0.1) is 0 Å². The molecule has 7 rings (SSSR count). The molecule has 1 saturated carbocycles. The number of nitrogens with one attached hydrogen (secondary N) is 2. The zero-order valence-electron chi connectivity index (χ0n) is 20.4. The van der Waals surface area contributed by atoms with E-state index in [4.69, 9.17) is 5.10 Å². The van der Waals surface area contributed by atoms with Gasteiger partial charge in [-0.25, -0.2) is 0 Å². The van der Waals surface area contributed by atoms with Crippen LogP contribution >= 0.6 is 0 Å². The van der Waals surface area contributed by atoms with E-state index >= 15 is 0 Å². The molecule has 5 aliphatic rings. The zero-order valence-corrected chi connectivity index (χ0v) is 20.4. The summed E-state index contributed by atoms with van der Waals surface area (Å²) in [5, 5.41) is 9.35. The van der Waals surface area contributed by atoms with Gasteiger partial charge in [-0.2, -0.15) is 10.2 Å². The highest BCUT2D eigenvalue weighted by atomic mass is 15.6. The Hall–Kier alpha value is -3.22. The molecule has 7 heteroatoms. The second kappa shape index (κ2) is 6.90. The molecule has 2 N–H and O–H groups in total. The van der Waals surface area contributed by atoms with Crippen LogP contribution in [0.5, 0.6) is 0 Å². The monoisotopic (exact) mass is 455 g/mol. The van der Waals surface area contributed by atoms with Crippen LogP contribution in [0, 0.1) is 0 Å². The van der Waals surface area contributed by atoms with Gasteiger partial charge >= 0.3 is 0 Å². The van der Waals surface area contributed by atoms with E-state index in [9.17, 15) is 0 Å². The molecule has 0 spiro atoms. The Morgan fingerprint density at radius 2 is 1.29 bits per heavy atom. The topological polar surface area (TPSA) is 58.5 Å². The van der Waals surface area contributed by atoms with Crippen molar-refractivity contribution in [1.29, 1.82) is 0 Å². The average Bonchev–Trinajstić information content (AvgIpc) is 3.43. The van der Waals surface area contributed by atoms with Gasteiger partial charge in [0.2, 0.25) is 0 Å². The summed E-state index contributed by atoms with van der Waals surface area (Å²) >= 11 is 0. The highest BCUT2D eigenvalue weighted by molar-refractivity contribution is 5.86. The lowest BCUT2D eigenvalue weighted by molar-refractivity contribution is -0.0182. The second-order valence-corrected chi connectivity index (χ2v) is 10.9. The maximum Gasteiger partial charge on any atom is 0.157 e. The molecule has 0 bridgehead atoms. The van der Waals surface area contributed by atoms with E-state index in [1.165, 1.54) is 35.3 Å². The van der Waals surface area contributed by atoms with Crippen LogP contribution in [0.25, 0.3) is 0 Å². The number of benzene rings is 2. The number of nitrogens with zero attached hydrogens (tertiary/aromatic N) is 5. The summed E-state index contributed by atoms with van der Waals surface area (Å²) in [5.41, 5.74) is 12.3. The van der Waals surface area contributed by atoms with Gasteiger partial charge in [-0.05, 0) is 56.4 Å². The third-order valence-corrected chi connectivity index (χ3v) is 8.84. The fraction of sp³-hybridized carbons (Fsp3) is 0.481. The minimum absolute atomic E-state index is 0.0351. The van der Waals surface area contributed by atoms with E-state index in [0.29, 0.717) is 18.1 Å². The normalized spacial score (nSPS) is 32.4. The molecule has 5 unspecified atom stereocenters. The van der Waals surface area contributed by atoms with Crippen LogP contribution in [0.15, 0.2) is 58.7 Å². The van der Waals surface area contributed by atoms with E-state index in [1.807, 2.05) is 0 Å². The lowest BCUT2D eigenvalue weighted by Gasteiger charge is -2.59. The zero-order chi connectivity index (χ0) is 23.2. The highest BCUT2D eigenvalue weighted by Gasteiger charge is 2.57. The lowest BCUT2D eigenvalue weighted by atomic mass is 9.72. The van der Waals surface area contributed by atoms with Crippen molar-refractivity contribution < 1.29 is 0 Å². The van der Waals surface area contributed by atoms with Crippen molar-refractivity contribution in [3.05, 3.63) is 59.7 Å². The minimum Gasteiger partial charge on any atom is -0.336 e. The third kappa shape index (κ3) is 2.47. The molecular weight excluding hydrogens is 422 g/mol. The summed E-state index contributed by atoms with van der Waals surface area (Å²) < 4.78 is 0. The van der Waals surface area contributed by atoms with Gasteiger partial charge in [-0.3, -0.25) is 10.9 Å². The van der Waals surface area contributed by atoms with Gasteiger partial charge in [0, 0.05) is 16.8 Å². The molecule has 0 amide bonds. The van der Waals surface area contributed by atoms with E-state index in [2.05, 4.69) is 107 Å². The minimum atomic E-state index is -0.0351. The molecule has 7 nitrogen and oxygen atoms in total. The molecule has 1 aliphatic carbocycles. The molecule has 4 heterocycles. The number of amidine groups is 2. The first-order valence-electron chi connectivity index (χ1n) is 12.6. The fourth-order valence-corrected chi connectivity index (χ4v) is 7.40. The van der Waals surface area contributed by atoms with Crippen LogP contribution in [0.4, 0.5) is 11.4 Å². The first-order valence-corrected chi connectivity index (χ1v) is 12.6.